The van der Waals surface area contributed by atoms with Crippen LogP contribution in [-0.4, -0.2) is 122 Å². The van der Waals surface area contributed by atoms with Gasteiger partial charge in [0.25, 0.3) is 0 Å². The molecule has 0 amide bonds. The van der Waals surface area contributed by atoms with Crippen LogP contribution in [0.1, 0.15) is 46.0 Å². The molecule has 0 bridgehead atoms. The van der Waals surface area contributed by atoms with Crippen LogP contribution in [0.15, 0.2) is 0 Å². The Kier molecular flexibility index (Phi) is 40.5. The molecule has 0 rings (SSSR count). The van der Waals surface area contributed by atoms with Gasteiger partial charge in [0.1, 0.15) is 0 Å². The van der Waals surface area contributed by atoms with Crippen molar-refractivity contribution in [2.75, 3.05) is 94.6 Å². The molecule has 39 heavy (non-hydrogen) atoms. The fourth-order valence-electron chi connectivity index (χ4n) is 3.38. The number of nitrogens with one attached hydrogen (secondary N) is 2. The third kappa shape index (κ3) is 30.9. The Labute approximate surface area is 244 Å². The molecule has 0 fully saturated rings. The number of rotatable bonds is 26. The van der Waals surface area contributed by atoms with Crippen LogP contribution in [0, 0.1) is 0 Å². The molecule has 0 aromatic rings. The second kappa shape index (κ2) is 36.2. The van der Waals surface area contributed by atoms with E-state index in [2.05, 4.69) is 10.6 Å². The Bertz CT molecular complexity index is 435. The van der Waals surface area contributed by atoms with Crippen molar-refractivity contribution in [3.63, 3.8) is 0 Å². The molecule has 0 saturated heterocycles. The molecule has 0 aliphatic carbocycles. The fraction of sp³-hybridized carbons (Fsp3) is 1.00. The quantitative estimate of drug-likeness (QED) is 0.0679. The Balaban J connectivity index is -0.000000500. The lowest BCUT2D eigenvalue weighted by atomic mass is 10.3. The maximum absolute atomic E-state index is 5.50. The zero-order valence-electron chi connectivity index (χ0n) is 26.3. The Morgan fingerprint density at radius 3 is 1.44 bits per heavy atom. The van der Waals surface area contributed by atoms with E-state index in [1.54, 1.807) is 35.5 Å². The summed E-state index contributed by atoms with van der Waals surface area (Å²) in [5.41, 5.74) is 16.1. The van der Waals surface area contributed by atoms with Crippen molar-refractivity contribution in [1.82, 2.24) is 10.6 Å². The predicted octanol–water partition coefficient (Wildman–Crippen LogP) is 0.650. The van der Waals surface area contributed by atoms with Gasteiger partial charge in [-0.15, -0.1) is 0 Å². The van der Waals surface area contributed by atoms with E-state index in [0.717, 1.165) is 83.3 Å². The summed E-state index contributed by atoms with van der Waals surface area (Å²) in [5, 5.41) is 6.46. The average Bonchev–Trinajstić information content (AvgIpc) is 2.96. The Hall–Kier alpha value is 0.171. The molecule has 12 nitrogen and oxygen atoms in total. The first-order valence-corrected chi connectivity index (χ1v) is 19.8. The summed E-state index contributed by atoms with van der Waals surface area (Å²) < 4.78 is 37.3. The summed E-state index contributed by atoms with van der Waals surface area (Å²) in [6, 6.07) is 3.02. The van der Waals surface area contributed by atoms with Crippen LogP contribution in [0.2, 0.25) is 18.1 Å². The van der Waals surface area contributed by atoms with Crippen LogP contribution >= 0.6 is 0 Å². The highest BCUT2D eigenvalue weighted by Gasteiger charge is 2.36. The van der Waals surface area contributed by atoms with Crippen molar-refractivity contribution < 1.29 is 31.0 Å². The minimum absolute atomic E-state index is 0.668. The molecule has 0 aliphatic heterocycles. The average molecular weight is 620 g/mol. The van der Waals surface area contributed by atoms with Crippen LogP contribution in [-0.2, 0) is 31.0 Å². The molecule has 0 spiro atoms. The van der Waals surface area contributed by atoms with E-state index in [-0.39, 0.29) is 0 Å². The van der Waals surface area contributed by atoms with Crippen LogP contribution < -0.4 is 27.8 Å². The third-order valence-corrected chi connectivity index (χ3v) is 12.6. The SMILES string of the molecule is CCO[SiH](CCCCN)OCC.CO[SiH](CCCCNCCN)OC.CO[Si](CCCNCCN)(OC)OC. The van der Waals surface area contributed by atoms with Crippen molar-refractivity contribution in [2.45, 2.75) is 64.1 Å². The summed E-state index contributed by atoms with van der Waals surface area (Å²) in [6.07, 6.45) is 5.56. The monoisotopic (exact) mass is 619 g/mol. The standard InChI is InChI=1S/C8H22N2O3Si.C8H22N2O2Si.C8H21NO2Si/c1-11-14(12-2,13-3)8-4-6-10-7-5-9;1-11-13(12-2)8-4-3-6-10-7-5-9;1-3-10-12(11-4-2)8-6-5-7-9/h10H,4-9H2,1-3H3;10,13H,3-9H2,1-2H3;12H,3-9H2,1-2H3. The second-order valence-electron chi connectivity index (χ2n) is 8.50. The first kappa shape index (κ1) is 43.6. The Morgan fingerprint density at radius 2 is 1.03 bits per heavy atom. The second-order valence-corrected chi connectivity index (χ2v) is 16.1. The van der Waals surface area contributed by atoms with E-state index >= 15 is 0 Å². The van der Waals surface area contributed by atoms with Crippen LogP contribution in [0.3, 0.4) is 0 Å². The van der Waals surface area contributed by atoms with Crippen molar-refractivity contribution in [2.24, 2.45) is 17.2 Å². The molecule has 8 N–H and O–H groups in total. The van der Waals surface area contributed by atoms with Crippen molar-refractivity contribution in [3.05, 3.63) is 0 Å². The van der Waals surface area contributed by atoms with Gasteiger partial charge in [0.05, 0.1) is 0 Å². The molecule has 0 radical (unpaired) electrons. The lowest BCUT2D eigenvalue weighted by Crippen LogP contribution is -2.43. The topological polar surface area (TPSA) is 167 Å². The van der Waals surface area contributed by atoms with Gasteiger partial charge >= 0.3 is 27.4 Å². The van der Waals surface area contributed by atoms with Crippen LogP contribution in [0.4, 0.5) is 0 Å². The summed E-state index contributed by atoms with van der Waals surface area (Å²) in [4.78, 5) is 0. The van der Waals surface area contributed by atoms with Gasteiger partial charge in [-0.3, -0.25) is 0 Å². The van der Waals surface area contributed by atoms with Crippen LogP contribution in [0.25, 0.3) is 0 Å². The smallest absolute Gasteiger partial charge is 0.400 e. The molecule has 0 heterocycles. The molecule has 0 unspecified atom stereocenters. The number of hydrogen-bond donors (Lipinski definition) is 5. The van der Waals surface area contributed by atoms with Crippen molar-refractivity contribution >= 4 is 27.4 Å². The van der Waals surface area contributed by atoms with Crippen molar-refractivity contribution in [3.8, 4) is 0 Å². The maximum atomic E-state index is 5.50. The molecule has 15 heteroatoms. The summed E-state index contributed by atoms with van der Waals surface area (Å²) >= 11 is 0. The number of nitrogens with two attached hydrogens (primary N) is 3. The fourth-order valence-corrected chi connectivity index (χ4v) is 8.18. The van der Waals surface area contributed by atoms with Gasteiger partial charge in [-0.25, -0.2) is 0 Å². The molecular formula is C24H65N5O7Si3. The first-order chi connectivity index (χ1) is 18.9. The van der Waals surface area contributed by atoms with Gasteiger partial charge in [0.2, 0.25) is 0 Å². The normalized spacial score (nSPS) is 11.4. The molecular weight excluding hydrogens is 555 g/mol. The third-order valence-electron chi connectivity index (χ3n) is 5.58. The lowest BCUT2D eigenvalue weighted by molar-refractivity contribution is 0.123. The van der Waals surface area contributed by atoms with Crippen molar-refractivity contribution in [1.29, 1.82) is 0 Å². The molecule has 0 atom stereocenters. The van der Waals surface area contributed by atoms with E-state index in [1.807, 2.05) is 13.8 Å². The highest BCUT2D eigenvalue weighted by molar-refractivity contribution is 6.60. The Morgan fingerprint density at radius 1 is 0.564 bits per heavy atom. The van der Waals surface area contributed by atoms with Gasteiger partial charge in [-0.2, -0.15) is 0 Å². The first-order valence-electron chi connectivity index (χ1n) is 14.4. The van der Waals surface area contributed by atoms with Crippen LogP contribution in [0.5, 0.6) is 0 Å². The summed E-state index contributed by atoms with van der Waals surface area (Å²) in [7, 11) is 3.38. The largest absolute Gasteiger partial charge is 0.500 e. The molecule has 0 aromatic carbocycles. The van der Waals surface area contributed by atoms with E-state index < -0.39 is 27.4 Å². The minimum Gasteiger partial charge on any atom is -0.400 e. The number of unbranched alkanes of at least 4 members (excludes halogenated alkanes) is 2. The predicted molar refractivity (Wildman–Crippen MR) is 169 cm³/mol. The van der Waals surface area contributed by atoms with Gasteiger partial charge in [0, 0.05) is 81.0 Å². The maximum Gasteiger partial charge on any atom is 0.500 e. The van der Waals surface area contributed by atoms with E-state index in [4.69, 9.17) is 48.2 Å². The molecule has 0 aromatic heterocycles. The summed E-state index contributed by atoms with van der Waals surface area (Å²) in [6.45, 7) is 11.5. The highest BCUT2D eigenvalue weighted by atomic mass is 28.4. The summed E-state index contributed by atoms with van der Waals surface area (Å²) in [5.74, 6) is 0. The highest BCUT2D eigenvalue weighted by Crippen LogP contribution is 2.14. The van der Waals surface area contributed by atoms with Gasteiger partial charge in [0.15, 0.2) is 0 Å². The lowest BCUT2D eigenvalue weighted by Gasteiger charge is -2.24. The molecule has 240 valence electrons. The van der Waals surface area contributed by atoms with Gasteiger partial charge in [-0.05, 0) is 64.8 Å². The zero-order valence-corrected chi connectivity index (χ0v) is 29.6. The van der Waals surface area contributed by atoms with E-state index in [1.165, 1.54) is 12.8 Å². The minimum atomic E-state index is -2.35. The molecule has 0 saturated carbocycles. The molecule has 0 aliphatic rings. The van der Waals surface area contributed by atoms with Gasteiger partial charge in [-0.1, -0.05) is 12.8 Å². The number of hydrogen-bond acceptors (Lipinski definition) is 12. The van der Waals surface area contributed by atoms with E-state index in [0.29, 0.717) is 13.1 Å². The van der Waals surface area contributed by atoms with Gasteiger partial charge < -0.3 is 58.8 Å². The van der Waals surface area contributed by atoms with E-state index in [9.17, 15) is 0 Å². The zero-order chi connectivity index (χ0) is 30.0.